The molecule has 0 unspecified atom stereocenters. The number of nitrogen functional groups attached to an aromatic ring is 1. The minimum Gasteiger partial charge on any atom is -0.439 e. The summed E-state index contributed by atoms with van der Waals surface area (Å²) in [7, 11) is 0. The van der Waals surface area contributed by atoms with Crippen molar-refractivity contribution in [1.82, 2.24) is 4.98 Å². The van der Waals surface area contributed by atoms with Gasteiger partial charge in [0, 0.05) is 15.8 Å². The maximum absolute atomic E-state index is 5.91. The molecular weight excluding hydrogens is 324 g/mol. The third-order valence-electron chi connectivity index (χ3n) is 2.92. The highest BCUT2D eigenvalue weighted by Crippen LogP contribution is 2.27. The first kappa shape index (κ1) is 12.7. The molecule has 19 heavy (non-hydrogen) atoms. The monoisotopic (exact) mass is 336 g/mol. The van der Waals surface area contributed by atoms with Crippen LogP contribution in [0.15, 0.2) is 38.5 Å². The summed E-state index contributed by atoms with van der Waals surface area (Å²) in [4.78, 5) is 5.88. The van der Waals surface area contributed by atoms with Gasteiger partial charge in [-0.1, -0.05) is 22.0 Å². The number of aromatic nitrogens is 1. The number of aryl methyl sites for hydroxylation is 2. The van der Waals surface area contributed by atoms with Gasteiger partial charge in [0.2, 0.25) is 0 Å². The smallest absolute Gasteiger partial charge is 0.195 e. The zero-order valence-electron chi connectivity index (χ0n) is 10.2. The van der Waals surface area contributed by atoms with Crippen LogP contribution in [-0.2, 0) is 12.8 Å². The van der Waals surface area contributed by atoms with E-state index in [4.69, 9.17) is 10.2 Å². The molecule has 0 aliphatic carbocycles. The lowest BCUT2D eigenvalue weighted by molar-refractivity contribution is 0.521. The van der Waals surface area contributed by atoms with Crippen molar-refractivity contribution in [2.45, 2.75) is 19.3 Å². The highest BCUT2D eigenvalue weighted by molar-refractivity contribution is 9.10. The first-order valence-electron chi connectivity index (χ1n) is 6.09. The number of nitrogens with two attached hydrogens (primary N) is 1. The quantitative estimate of drug-likeness (QED) is 0.718. The molecule has 98 valence electrons. The molecule has 0 saturated carbocycles. The molecule has 3 aromatic rings. The van der Waals surface area contributed by atoms with Gasteiger partial charge in [-0.3, -0.25) is 0 Å². The Hall–Kier alpha value is -1.33. The van der Waals surface area contributed by atoms with Gasteiger partial charge < -0.3 is 10.2 Å². The molecule has 3 nitrogen and oxygen atoms in total. The number of oxazole rings is 1. The fourth-order valence-electron chi connectivity index (χ4n) is 2.04. The molecule has 0 fully saturated rings. The summed E-state index contributed by atoms with van der Waals surface area (Å²) in [5.41, 5.74) is 8.05. The molecule has 0 saturated heterocycles. The van der Waals surface area contributed by atoms with Gasteiger partial charge in [-0.05, 0) is 36.4 Å². The van der Waals surface area contributed by atoms with Crippen molar-refractivity contribution >= 4 is 44.1 Å². The largest absolute Gasteiger partial charge is 0.439 e. The van der Waals surface area contributed by atoms with Gasteiger partial charge in [0.05, 0.1) is 5.69 Å². The third-order valence-corrected chi connectivity index (χ3v) is 4.32. The van der Waals surface area contributed by atoms with Crippen molar-refractivity contribution in [3.8, 4) is 0 Å². The minimum atomic E-state index is 0.626. The fourth-order valence-corrected chi connectivity index (χ4v) is 3.26. The van der Waals surface area contributed by atoms with Crippen LogP contribution < -0.4 is 5.73 Å². The predicted octanol–water partition coefficient (Wildman–Crippen LogP) is 4.41. The summed E-state index contributed by atoms with van der Waals surface area (Å²) in [5.74, 6) is 0.761. The predicted molar refractivity (Wildman–Crippen MR) is 82.5 cm³/mol. The molecular formula is C14H13BrN2OS. The van der Waals surface area contributed by atoms with Gasteiger partial charge in [0.25, 0.3) is 0 Å². The van der Waals surface area contributed by atoms with Gasteiger partial charge in [0.15, 0.2) is 11.5 Å². The van der Waals surface area contributed by atoms with Gasteiger partial charge >= 0.3 is 0 Å². The molecule has 2 N–H and O–H groups in total. The van der Waals surface area contributed by atoms with E-state index in [-0.39, 0.29) is 0 Å². The zero-order chi connectivity index (χ0) is 13.2. The molecule has 0 amide bonds. The molecule has 0 atom stereocenters. The van der Waals surface area contributed by atoms with Crippen LogP contribution in [0.25, 0.3) is 11.1 Å². The van der Waals surface area contributed by atoms with Crippen LogP contribution in [0.3, 0.4) is 0 Å². The highest BCUT2D eigenvalue weighted by Gasteiger charge is 2.09. The van der Waals surface area contributed by atoms with Crippen molar-refractivity contribution < 1.29 is 4.42 Å². The van der Waals surface area contributed by atoms with Crippen molar-refractivity contribution in [2.24, 2.45) is 0 Å². The van der Waals surface area contributed by atoms with Crippen molar-refractivity contribution in [3.63, 3.8) is 0 Å². The summed E-state index contributed by atoms with van der Waals surface area (Å²) in [6, 6.07) is 8.00. The number of nitrogens with zero attached hydrogens (tertiary/aromatic N) is 1. The fraction of sp³-hybridized carbons (Fsp3) is 0.214. The Morgan fingerprint density at radius 3 is 3.00 bits per heavy atom. The lowest BCUT2D eigenvalue weighted by atomic mass is 10.2. The number of hydrogen-bond donors (Lipinski definition) is 1. The summed E-state index contributed by atoms with van der Waals surface area (Å²) in [6.45, 7) is 0. The Labute approximate surface area is 123 Å². The van der Waals surface area contributed by atoms with Gasteiger partial charge in [-0.25, -0.2) is 4.98 Å². The van der Waals surface area contributed by atoms with E-state index in [1.54, 1.807) is 11.3 Å². The van der Waals surface area contributed by atoms with E-state index in [1.165, 1.54) is 4.88 Å². The standard InChI is InChI=1S/C14H13BrN2OS/c15-9-7-11(16)14-12(8-9)17-13(18-14)5-1-3-10-4-2-6-19-10/h2,4,6-8H,1,3,5,16H2. The van der Waals surface area contributed by atoms with Crippen LogP contribution >= 0.6 is 27.3 Å². The lowest BCUT2D eigenvalue weighted by Crippen LogP contribution is -1.87. The number of thiophene rings is 1. The molecule has 1 aromatic carbocycles. The van der Waals surface area contributed by atoms with E-state index in [2.05, 4.69) is 38.4 Å². The molecule has 2 aromatic heterocycles. The molecule has 0 radical (unpaired) electrons. The average Bonchev–Trinajstić information content (AvgIpc) is 2.98. The zero-order valence-corrected chi connectivity index (χ0v) is 12.6. The van der Waals surface area contributed by atoms with Crippen LogP contribution in [-0.4, -0.2) is 4.98 Å². The maximum Gasteiger partial charge on any atom is 0.195 e. The van der Waals surface area contributed by atoms with Crippen molar-refractivity contribution in [1.29, 1.82) is 0 Å². The third kappa shape index (κ3) is 2.82. The number of fused-ring (bicyclic) bond motifs is 1. The Kier molecular flexibility index (Phi) is 3.57. The van der Waals surface area contributed by atoms with Gasteiger partial charge in [0.1, 0.15) is 5.52 Å². The number of anilines is 1. The average molecular weight is 337 g/mol. The van der Waals surface area contributed by atoms with E-state index in [9.17, 15) is 0 Å². The first-order valence-corrected chi connectivity index (χ1v) is 7.76. The van der Waals surface area contributed by atoms with E-state index in [1.807, 2.05) is 12.1 Å². The Bertz CT molecular complexity index is 691. The summed E-state index contributed by atoms with van der Waals surface area (Å²) in [6.07, 6.45) is 2.94. The molecule has 3 rings (SSSR count). The first-order chi connectivity index (χ1) is 9.22. The second-order valence-electron chi connectivity index (χ2n) is 4.38. The van der Waals surface area contributed by atoms with Gasteiger partial charge in [-0.2, -0.15) is 0 Å². The van der Waals surface area contributed by atoms with E-state index in [0.29, 0.717) is 11.3 Å². The Morgan fingerprint density at radius 2 is 2.21 bits per heavy atom. The summed E-state index contributed by atoms with van der Waals surface area (Å²) in [5, 5.41) is 2.10. The normalized spacial score (nSPS) is 11.2. The van der Waals surface area contributed by atoms with Crippen molar-refractivity contribution in [2.75, 3.05) is 5.73 Å². The minimum absolute atomic E-state index is 0.626. The van der Waals surface area contributed by atoms with E-state index >= 15 is 0 Å². The second kappa shape index (κ2) is 5.35. The summed E-state index contributed by atoms with van der Waals surface area (Å²) < 4.78 is 6.65. The Balaban J connectivity index is 1.73. The van der Waals surface area contributed by atoms with Crippen LogP contribution in [0.2, 0.25) is 0 Å². The molecule has 2 heterocycles. The van der Waals surface area contributed by atoms with Gasteiger partial charge in [-0.15, -0.1) is 11.3 Å². The van der Waals surface area contributed by atoms with E-state index in [0.717, 1.165) is 35.1 Å². The summed E-state index contributed by atoms with van der Waals surface area (Å²) >= 11 is 5.20. The molecule has 0 spiro atoms. The van der Waals surface area contributed by atoms with Crippen LogP contribution in [0.5, 0.6) is 0 Å². The number of rotatable bonds is 4. The van der Waals surface area contributed by atoms with Crippen LogP contribution in [0.1, 0.15) is 17.2 Å². The molecule has 5 heteroatoms. The molecule has 0 aliphatic heterocycles. The highest BCUT2D eigenvalue weighted by atomic mass is 79.9. The molecule has 0 bridgehead atoms. The lowest BCUT2D eigenvalue weighted by Gasteiger charge is -1.95. The number of benzene rings is 1. The SMILES string of the molecule is Nc1cc(Br)cc2nc(CCCc3cccs3)oc12. The van der Waals surface area contributed by atoms with Crippen LogP contribution in [0, 0.1) is 0 Å². The molecule has 0 aliphatic rings. The van der Waals surface area contributed by atoms with Crippen molar-refractivity contribution in [3.05, 3.63) is 44.9 Å². The number of hydrogen-bond acceptors (Lipinski definition) is 4. The van der Waals surface area contributed by atoms with E-state index < -0.39 is 0 Å². The van der Waals surface area contributed by atoms with Crippen LogP contribution in [0.4, 0.5) is 5.69 Å². The Morgan fingerprint density at radius 1 is 1.32 bits per heavy atom. The second-order valence-corrected chi connectivity index (χ2v) is 6.33. The topological polar surface area (TPSA) is 52.0 Å². The number of halogens is 1. The maximum atomic E-state index is 5.91.